The molecule has 0 saturated carbocycles. The summed E-state index contributed by atoms with van der Waals surface area (Å²) in [5, 5.41) is 17.6. The monoisotopic (exact) mass is 866 g/mol. The molecule has 14 heteroatoms. The number of esters is 6. The van der Waals surface area contributed by atoms with Crippen LogP contribution in [0, 0.1) is 0 Å². The number of aliphatic hydroxyl groups is 2. The van der Waals surface area contributed by atoms with Gasteiger partial charge in [-0.15, -0.1) is 0 Å². The molecule has 0 spiro atoms. The van der Waals surface area contributed by atoms with Crippen molar-refractivity contribution in [1.82, 2.24) is 0 Å². The van der Waals surface area contributed by atoms with E-state index in [0.29, 0.717) is 33.4 Å². The van der Waals surface area contributed by atoms with Gasteiger partial charge in [0.1, 0.15) is 39.6 Å². The average Bonchev–Trinajstić information content (AvgIpc) is 3.35. The molecule has 14 nitrogen and oxygen atoms in total. The lowest BCUT2D eigenvalue weighted by Gasteiger charge is -2.09. The third-order valence-electron chi connectivity index (χ3n) is 9.47. The number of rotatable bonds is 19. The third kappa shape index (κ3) is 12.6. The molecule has 0 aliphatic carbocycles. The van der Waals surface area contributed by atoms with Gasteiger partial charge in [-0.1, -0.05) is 72.8 Å². The number of ether oxygens (including phenoxy) is 6. The summed E-state index contributed by atoms with van der Waals surface area (Å²) in [6, 6.07) is 40.2. The van der Waals surface area contributed by atoms with Crippen LogP contribution in [-0.2, 0) is 28.4 Å². The molecule has 0 aromatic heterocycles. The Morgan fingerprint density at radius 1 is 0.250 bits per heavy atom. The first-order valence-electron chi connectivity index (χ1n) is 20.0. The molecule has 0 fully saturated rings. The molecule has 0 saturated heterocycles. The summed E-state index contributed by atoms with van der Waals surface area (Å²) in [4.78, 5) is 74.3. The Hall–Kier alpha value is -7.94. The topological polar surface area (TPSA) is 198 Å². The van der Waals surface area contributed by atoms with Crippen molar-refractivity contribution in [2.75, 3.05) is 52.9 Å². The molecule has 0 amide bonds. The summed E-state index contributed by atoms with van der Waals surface area (Å²) < 4.78 is 30.9. The fourth-order valence-corrected chi connectivity index (χ4v) is 6.11. The maximum atomic E-state index is 12.6. The van der Waals surface area contributed by atoms with Gasteiger partial charge in [-0.05, 0) is 106 Å². The van der Waals surface area contributed by atoms with Gasteiger partial charge in [0, 0.05) is 0 Å². The molecule has 0 heterocycles. The number of hydrogen-bond acceptors (Lipinski definition) is 14. The molecule has 0 aliphatic heterocycles. The van der Waals surface area contributed by atoms with Crippen LogP contribution in [0.5, 0.6) is 0 Å². The zero-order chi connectivity index (χ0) is 45.3. The fraction of sp³-hybridized carbons (Fsp3) is 0.160. The number of benzene rings is 6. The second-order valence-corrected chi connectivity index (χ2v) is 13.7. The number of aliphatic hydroxyl groups excluding tert-OH is 2. The maximum Gasteiger partial charge on any atom is 0.338 e. The zero-order valence-electron chi connectivity index (χ0n) is 34.3. The van der Waals surface area contributed by atoms with E-state index in [1.165, 1.54) is 0 Å². The van der Waals surface area contributed by atoms with Crippen LogP contribution in [0.2, 0.25) is 0 Å². The van der Waals surface area contributed by atoms with E-state index in [0.717, 1.165) is 33.4 Å². The number of hydrogen-bond donors (Lipinski definition) is 2. The molecule has 0 bridgehead atoms. The van der Waals surface area contributed by atoms with Crippen molar-refractivity contribution in [2.24, 2.45) is 0 Å². The van der Waals surface area contributed by atoms with Crippen LogP contribution in [0.3, 0.4) is 0 Å². The van der Waals surface area contributed by atoms with Crippen LogP contribution in [0.25, 0.3) is 33.4 Å². The van der Waals surface area contributed by atoms with E-state index in [9.17, 15) is 28.8 Å². The van der Waals surface area contributed by atoms with Crippen molar-refractivity contribution >= 4 is 35.8 Å². The third-order valence-corrected chi connectivity index (χ3v) is 9.47. The van der Waals surface area contributed by atoms with Crippen LogP contribution in [0.1, 0.15) is 62.1 Å². The van der Waals surface area contributed by atoms with Gasteiger partial charge in [0.05, 0.1) is 46.6 Å². The van der Waals surface area contributed by atoms with Gasteiger partial charge in [-0.2, -0.15) is 0 Å². The predicted molar refractivity (Wildman–Crippen MR) is 232 cm³/mol. The van der Waals surface area contributed by atoms with Crippen LogP contribution >= 0.6 is 0 Å². The van der Waals surface area contributed by atoms with E-state index >= 15 is 0 Å². The van der Waals surface area contributed by atoms with Gasteiger partial charge in [-0.3, -0.25) is 0 Å². The summed E-state index contributed by atoms with van der Waals surface area (Å²) in [5.74, 6) is -3.42. The van der Waals surface area contributed by atoms with Gasteiger partial charge in [-0.25, -0.2) is 28.8 Å². The molecule has 326 valence electrons. The highest BCUT2D eigenvalue weighted by Crippen LogP contribution is 2.24. The Bertz CT molecular complexity index is 2350. The van der Waals surface area contributed by atoms with Crippen molar-refractivity contribution in [1.29, 1.82) is 0 Å². The summed E-state index contributed by atoms with van der Waals surface area (Å²) >= 11 is 0. The molecule has 6 rings (SSSR count). The molecule has 0 aliphatic rings. The molecular weight excluding hydrogens is 825 g/mol. The predicted octanol–water partition coefficient (Wildman–Crippen LogP) is 7.01. The van der Waals surface area contributed by atoms with Gasteiger partial charge in [0.15, 0.2) is 0 Å². The Balaban J connectivity index is 0.877. The molecule has 6 aromatic rings. The van der Waals surface area contributed by atoms with Crippen molar-refractivity contribution in [2.45, 2.75) is 0 Å². The second-order valence-electron chi connectivity index (χ2n) is 13.7. The minimum atomic E-state index is -0.595. The van der Waals surface area contributed by atoms with Crippen LogP contribution in [0.15, 0.2) is 146 Å². The lowest BCUT2D eigenvalue weighted by Crippen LogP contribution is -2.14. The largest absolute Gasteiger partial charge is 0.460 e. The Morgan fingerprint density at radius 2 is 0.391 bits per heavy atom. The van der Waals surface area contributed by atoms with E-state index in [2.05, 4.69) is 0 Å². The SMILES string of the molecule is O=C(OCCO)c1ccc(-c2ccc(C(=O)OCCOC(=O)c3ccc(-c4ccc(C(=O)OCCOC(=O)c5ccc(-c6ccc(C(=O)OCCO)cc6)cc5)cc4)cc3)cc2)cc1. The van der Waals surface area contributed by atoms with Crippen LogP contribution in [0.4, 0.5) is 0 Å². The molecule has 6 aromatic carbocycles. The van der Waals surface area contributed by atoms with Gasteiger partial charge in [0.25, 0.3) is 0 Å². The first kappa shape index (κ1) is 45.6. The first-order chi connectivity index (χ1) is 31.1. The summed E-state index contributed by atoms with van der Waals surface area (Å²) in [6.45, 7) is -1.28. The van der Waals surface area contributed by atoms with E-state index in [1.807, 2.05) is 0 Å². The van der Waals surface area contributed by atoms with Gasteiger partial charge in [0.2, 0.25) is 0 Å². The molecule has 0 unspecified atom stereocenters. The van der Waals surface area contributed by atoms with Crippen molar-refractivity contribution in [3.8, 4) is 33.4 Å². The molecule has 0 atom stereocenters. The summed E-state index contributed by atoms with van der Waals surface area (Å²) in [6.07, 6.45) is 0. The number of carbonyl (C=O) groups is 6. The Kier molecular flexibility index (Phi) is 16.2. The minimum Gasteiger partial charge on any atom is -0.460 e. The van der Waals surface area contributed by atoms with Crippen LogP contribution in [-0.4, -0.2) is 98.9 Å². The highest BCUT2D eigenvalue weighted by Gasteiger charge is 2.14. The van der Waals surface area contributed by atoms with Gasteiger partial charge < -0.3 is 38.6 Å². The highest BCUT2D eigenvalue weighted by molar-refractivity contribution is 5.94. The van der Waals surface area contributed by atoms with Crippen molar-refractivity contribution < 1.29 is 67.4 Å². The Labute approximate surface area is 367 Å². The highest BCUT2D eigenvalue weighted by atomic mass is 16.6. The molecule has 0 radical (unpaired) electrons. The first-order valence-corrected chi connectivity index (χ1v) is 20.0. The smallest absolute Gasteiger partial charge is 0.338 e. The van der Waals surface area contributed by atoms with Crippen molar-refractivity contribution in [3.05, 3.63) is 179 Å². The van der Waals surface area contributed by atoms with E-state index in [1.54, 1.807) is 146 Å². The minimum absolute atomic E-state index is 0.0804. The fourth-order valence-electron chi connectivity index (χ4n) is 6.11. The normalized spacial score (nSPS) is 10.6. The number of carbonyl (C=O) groups excluding carboxylic acids is 6. The maximum absolute atomic E-state index is 12.6. The molecular formula is C50H42O14. The van der Waals surface area contributed by atoms with E-state index < -0.39 is 35.8 Å². The molecule has 64 heavy (non-hydrogen) atoms. The Morgan fingerprint density at radius 3 is 0.531 bits per heavy atom. The zero-order valence-corrected chi connectivity index (χ0v) is 34.3. The van der Waals surface area contributed by atoms with Crippen molar-refractivity contribution in [3.63, 3.8) is 0 Å². The summed E-state index contributed by atoms with van der Waals surface area (Å²) in [7, 11) is 0. The summed E-state index contributed by atoms with van der Waals surface area (Å²) in [5.41, 5.74) is 6.72. The van der Waals surface area contributed by atoms with Gasteiger partial charge >= 0.3 is 35.8 Å². The molecule has 2 N–H and O–H groups in total. The quantitative estimate of drug-likeness (QED) is 0.0479. The average molecular weight is 867 g/mol. The van der Waals surface area contributed by atoms with E-state index in [4.69, 9.17) is 38.6 Å². The lowest BCUT2D eigenvalue weighted by atomic mass is 10.0. The second kappa shape index (κ2) is 22.8. The van der Waals surface area contributed by atoms with Crippen LogP contribution < -0.4 is 0 Å². The standard InChI is InChI=1S/C50H42O14/c51-25-27-59-45(53)39-13-1-33(2-14-39)35-5-17-41(18-6-35)47(55)61-29-31-63-49(57)43-21-9-37(10-22-43)38-11-23-44(24-12-38)50(58)64-32-30-62-48(56)42-19-7-36(8-20-42)34-3-15-40(16-4-34)46(54)60-28-26-52/h1-24,51-52H,25-32H2. The lowest BCUT2D eigenvalue weighted by molar-refractivity contribution is 0.0265. The van der Waals surface area contributed by atoms with E-state index in [-0.39, 0.29) is 52.9 Å².